The fourth-order valence-corrected chi connectivity index (χ4v) is 4.32. The Morgan fingerprint density at radius 1 is 0.477 bits per heavy atom. The van der Waals surface area contributed by atoms with Crippen LogP contribution in [0.25, 0.3) is 0 Å². The second kappa shape index (κ2) is 27.4. The molecule has 0 heterocycles. The molecule has 0 fully saturated rings. The molecule has 0 unspecified atom stereocenters. The van der Waals surface area contributed by atoms with Gasteiger partial charge < -0.3 is 18.1 Å². The number of hydrogen-bond acceptors (Lipinski definition) is 8. The van der Waals surface area contributed by atoms with E-state index in [1.165, 1.54) is 112 Å². The van der Waals surface area contributed by atoms with Gasteiger partial charge in [-0.2, -0.15) is 26.3 Å². The molecular formula is C26H60F6N4O6S2. The van der Waals surface area contributed by atoms with Gasteiger partial charge in [0.25, 0.3) is 0 Å². The molecule has 4 N–H and O–H groups in total. The zero-order valence-electron chi connectivity index (χ0n) is 27.9. The summed E-state index contributed by atoms with van der Waals surface area (Å²) in [4.78, 5) is 0. The standard InChI is InChI=1S/2C12H28N.2CHF3O3S.H4N2/c2*1-5-8-9-12-13(4,10-6-2)11-7-3;2*2-1(3,4)8(5,6)7;1-2/h2*5-12H2,1-4H3;2*(H,5,6,7);1-2H2/q2*+1;;;/p-2. The molecule has 18 heteroatoms. The molecule has 0 rings (SSSR count). The first-order chi connectivity index (χ1) is 19.9. The third-order valence-corrected chi connectivity index (χ3v) is 7.36. The van der Waals surface area contributed by atoms with Crippen molar-refractivity contribution in [3.63, 3.8) is 0 Å². The Labute approximate surface area is 263 Å². The van der Waals surface area contributed by atoms with Crippen LogP contribution in [0.5, 0.6) is 0 Å². The lowest BCUT2D eigenvalue weighted by molar-refractivity contribution is -0.909. The van der Waals surface area contributed by atoms with Crippen molar-refractivity contribution in [1.82, 2.24) is 0 Å². The molecule has 274 valence electrons. The monoisotopic (exact) mass is 702 g/mol. The second-order valence-electron chi connectivity index (χ2n) is 10.8. The molecule has 0 aromatic rings. The van der Waals surface area contributed by atoms with Crippen molar-refractivity contribution in [3.8, 4) is 0 Å². The molecule has 0 bridgehead atoms. The molecule has 0 saturated carbocycles. The molecule has 0 aliphatic carbocycles. The van der Waals surface area contributed by atoms with Gasteiger partial charge in [-0.25, -0.2) is 16.8 Å². The Bertz CT molecular complexity index is 778. The third kappa shape index (κ3) is 32.6. The first kappa shape index (κ1) is 52.8. The zero-order valence-corrected chi connectivity index (χ0v) is 29.5. The van der Waals surface area contributed by atoms with Crippen LogP contribution in [0.2, 0.25) is 0 Å². The smallest absolute Gasteiger partial charge is 0.485 e. The molecule has 0 radical (unpaired) electrons. The van der Waals surface area contributed by atoms with E-state index in [1.807, 2.05) is 0 Å². The summed E-state index contributed by atoms with van der Waals surface area (Å²) in [6.07, 6.45) is 13.6. The molecule has 0 atom stereocenters. The van der Waals surface area contributed by atoms with Crippen molar-refractivity contribution < 1.29 is 61.2 Å². The highest BCUT2D eigenvalue weighted by Crippen LogP contribution is 2.21. The minimum Gasteiger partial charge on any atom is -0.741 e. The number of unbranched alkanes of at least 4 members (excludes halogenated alkanes) is 4. The number of quaternary nitrogens is 2. The number of nitrogens with zero attached hydrogens (tertiary/aromatic N) is 2. The zero-order chi connectivity index (χ0) is 36.3. The summed E-state index contributed by atoms with van der Waals surface area (Å²) in [6, 6.07) is 0. The summed E-state index contributed by atoms with van der Waals surface area (Å²) in [7, 11) is -7.34. The van der Waals surface area contributed by atoms with Crippen LogP contribution < -0.4 is 11.7 Å². The maximum Gasteiger partial charge on any atom is 0.485 e. The van der Waals surface area contributed by atoms with Crippen molar-refractivity contribution >= 4 is 20.2 Å². The predicted molar refractivity (Wildman–Crippen MR) is 162 cm³/mol. The molecule has 0 aliphatic rings. The molecule has 10 nitrogen and oxygen atoms in total. The predicted octanol–water partition coefficient (Wildman–Crippen LogP) is 5.81. The van der Waals surface area contributed by atoms with E-state index in [9.17, 15) is 26.3 Å². The molecule has 0 amide bonds. The van der Waals surface area contributed by atoms with E-state index in [1.54, 1.807) is 0 Å². The Morgan fingerprint density at radius 2 is 0.659 bits per heavy atom. The maximum absolute atomic E-state index is 10.7. The largest absolute Gasteiger partial charge is 0.741 e. The first-order valence-corrected chi connectivity index (χ1v) is 17.7. The van der Waals surface area contributed by atoms with Crippen LogP contribution in [0.4, 0.5) is 26.3 Å². The number of nitrogens with two attached hydrogens (primary N) is 2. The normalized spacial score (nSPS) is 12.3. The first-order valence-electron chi connectivity index (χ1n) is 14.9. The van der Waals surface area contributed by atoms with Gasteiger partial charge in [-0.1, -0.05) is 54.4 Å². The SMILES string of the molecule is CCCCC[N+](C)(CCC)CCC.CCCCC[N+](C)(CCC)CCC.NN.O=S(=O)([O-])C(F)(F)F.O=S(=O)([O-])C(F)(F)F. The van der Waals surface area contributed by atoms with Crippen molar-refractivity contribution in [2.45, 2.75) is 117 Å². The number of hydrogen-bond donors (Lipinski definition) is 2. The highest BCUT2D eigenvalue weighted by molar-refractivity contribution is 7.86. The van der Waals surface area contributed by atoms with Crippen LogP contribution in [0.15, 0.2) is 0 Å². The Balaban J connectivity index is -0.000000154. The van der Waals surface area contributed by atoms with Gasteiger partial charge in [0, 0.05) is 0 Å². The Kier molecular flexibility index (Phi) is 32.8. The number of halogens is 6. The van der Waals surface area contributed by atoms with Gasteiger partial charge in [-0.05, 0) is 51.4 Å². The lowest BCUT2D eigenvalue weighted by Crippen LogP contribution is -2.45. The fraction of sp³-hybridized carbons (Fsp3) is 1.00. The lowest BCUT2D eigenvalue weighted by Gasteiger charge is -2.34. The van der Waals surface area contributed by atoms with Crippen molar-refractivity contribution in [1.29, 1.82) is 0 Å². The van der Waals surface area contributed by atoms with Crippen LogP contribution in [0.3, 0.4) is 0 Å². The van der Waals surface area contributed by atoms with E-state index in [4.69, 9.17) is 25.9 Å². The van der Waals surface area contributed by atoms with Crippen LogP contribution in [-0.2, 0) is 20.2 Å². The molecular weight excluding hydrogens is 642 g/mol. The summed E-state index contributed by atoms with van der Waals surface area (Å²) in [6.45, 7) is 22.0. The lowest BCUT2D eigenvalue weighted by atomic mass is 10.2. The van der Waals surface area contributed by atoms with Crippen molar-refractivity contribution in [2.24, 2.45) is 11.7 Å². The molecule has 0 aromatic heterocycles. The molecule has 0 saturated heterocycles. The highest BCUT2D eigenvalue weighted by Gasteiger charge is 2.37. The topological polar surface area (TPSA) is 166 Å². The molecule has 0 aromatic carbocycles. The number of hydrazine groups is 1. The average Bonchev–Trinajstić information content (AvgIpc) is 2.85. The Hall–Kier alpha value is -0.760. The van der Waals surface area contributed by atoms with Gasteiger partial charge in [-0.3, -0.25) is 11.7 Å². The van der Waals surface area contributed by atoms with Gasteiger partial charge in [0.05, 0.1) is 53.4 Å². The molecule has 44 heavy (non-hydrogen) atoms. The third-order valence-electron chi connectivity index (χ3n) is 6.22. The minimum absolute atomic E-state index is 1.30. The number of rotatable bonds is 16. The number of alkyl halides is 6. The molecule has 0 aliphatic heterocycles. The van der Waals surface area contributed by atoms with Crippen LogP contribution in [-0.4, -0.2) is 99.3 Å². The Morgan fingerprint density at radius 3 is 0.773 bits per heavy atom. The average molecular weight is 703 g/mol. The van der Waals surface area contributed by atoms with Gasteiger partial charge in [0.2, 0.25) is 0 Å². The van der Waals surface area contributed by atoms with Crippen LogP contribution in [0, 0.1) is 0 Å². The van der Waals surface area contributed by atoms with E-state index in [2.05, 4.69) is 67.3 Å². The summed E-state index contributed by atoms with van der Waals surface area (Å²) in [5, 5.41) is 0. The summed E-state index contributed by atoms with van der Waals surface area (Å²) in [5.41, 5.74) is -11.3. The van der Waals surface area contributed by atoms with E-state index >= 15 is 0 Å². The van der Waals surface area contributed by atoms with Crippen molar-refractivity contribution in [3.05, 3.63) is 0 Å². The summed E-state index contributed by atoms with van der Waals surface area (Å²) >= 11 is 0. The van der Waals surface area contributed by atoms with E-state index in [0.717, 1.165) is 0 Å². The minimum atomic E-state index is -6.09. The van der Waals surface area contributed by atoms with Gasteiger partial charge >= 0.3 is 11.0 Å². The van der Waals surface area contributed by atoms with E-state index < -0.39 is 31.3 Å². The van der Waals surface area contributed by atoms with E-state index in [-0.39, 0.29) is 0 Å². The summed E-state index contributed by atoms with van der Waals surface area (Å²) < 4.78 is 120. The maximum atomic E-state index is 10.7. The van der Waals surface area contributed by atoms with Gasteiger partial charge in [0.1, 0.15) is 0 Å². The quantitative estimate of drug-likeness (QED) is 0.0387. The van der Waals surface area contributed by atoms with Gasteiger partial charge in [-0.15, -0.1) is 0 Å². The molecule has 0 spiro atoms. The summed E-state index contributed by atoms with van der Waals surface area (Å²) in [5.74, 6) is 8.00. The van der Waals surface area contributed by atoms with Crippen molar-refractivity contribution in [2.75, 3.05) is 53.4 Å². The van der Waals surface area contributed by atoms with Gasteiger partial charge in [0.15, 0.2) is 20.2 Å². The highest BCUT2D eigenvalue weighted by atomic mass is 32.2. The van der Waals surface area contributed by atoms with Crippen LogP contribution >= 0.6 is 0 Å². The van der Waals surface area contributed by atoms with Crippen LogP contribution in [0.1, 0.15) is 106 Å². The van der Waals surface area contributed by atoms with E-state index in [0.29, 0.717) is 0 Å². The fourth-order valence-electron chi connectivity index (χ4n) is 4.32. The second-order valence-corrected chi connectivity index (χ2v) is 13.5.